The summed E-state index contributed by atoms with van der Waals surface area (Å²) >= 11 is 5.87. The third-order valence-corrected chi connectivity index (χ3v) is 4.74. The van der Waals surface area contributed by atoms with Crippen LogP contribution in [0.2, 0.25) is 0 Å². The summed E-state index contributed by atoms with van der Waals surface area (Å²) in [7, 11) is 0. The van der Waals surface area contributed by atoms with Crippen molar-refractivity contribution in [2.24, 2.45) is 21.5 Å². The van der Waals surface area contributed by atoms with Gasteiger partial charge in [-0.3, -0.25) is 4.99 Å². The number of aromatic nitrogens is 2. The van der Waals surface area contributed by atoms with E-state index >= 15 is 0 Å². The van der Waals surface area contributed by atoms with Gasteiger partial charge in [-0.15, -0.1) is 0 Å². The van der Waals surface area contributed by atoms with Crippen LogP contribution in [-0.2, 0) is 0 Å². The van der Waals surface area contributed by atoms with Crippen molar-refractivity contribution < 1.29 is 9.02 Å². The van der Waals surface area contributed by atoms with Crippen molar-refractivity contribution >= 4 is 56.1 Å². The second kappa shape index (κ2) is 9.04. The summed E-state index contributed by atoms with van der Waals surface area (Å²) in [5.74, 6) is 0.388. The summed E-state index contributed by atoms with van der Waals surface area (Å²) in [5, 5.41) is 8.61. The van der Waals surface area contributed by atoms with Gasteiger partial charge in [0.15, 0.2) is 21.7 Å². The first-order valence-corrected chi connectivity index (χ1v) is 9.60. The topological polar surface area (TPSA) is 116 Å². The van der Waals surface area contributed by atoms with Gasteiger partial charge in [-0.05, 0) is 50.7 Å². The Hall–Kier alpha value is -1.59. The molecule has 1 aromatic heterocycles. The molecule has 0 aliphatic rings. The van der Waals surface area contributed by atoms with Gasteiger partial charge in [-0.25, -0.2) is 14.0 Å². The lowest BCUT2D eigenvalue weighted by Gasteiger charge is -2.01. The van der Waals surface area contributed by atoms with Crippen LogP contribution < -0.4 is 11.5 Å². The van der Waals surface area contributed by atoms with E-state index in [-0.39, 0.29) is 11.7 Å². The Labute approximate surface area is 154 Å². The normalized spacial score (nSPS) is 12.6. The molecule has 0 aliphatic heterocycles. The molecule has 2 aromatic rings. The van der Waals surface area contributed by atoms with Crippen molar-refractivity contribution in [1.82, 2.24) is 10.3 Å². The first kappa shape index (κ1) is 18.7. The van der Waals surface area contributed by atoms with E-state index < -0.39 is 0 Å². The van der Waals surface area contributed by atoms with Crippen molar-refractivity contribution in [3.8, 4) is 0 Å². The molecule has 0 bridgehead atoms. The highest BCUT2D eigenvalue weighted by molar-refractivity contribution is 9.10. The molecule has 24 heavy (non-hydrogen) atoms. The van der Waals surface area contributed by atoms with Gasteiger partial charge in [-0.1, -0.05) is 23.5 Å². The minimum atomic E-state index is -0.378. The number of amidine groups is 2. The van der Waals surface area contributed by atoms with E-state index in [9.17, 15) is 4.39 Å². The molecule has 0 radical (unpaired) electrons. The fraction of sp³-hybridized carbons (Fsp3) is 0.231. The third kappa shape index (κ3) is 5.21. The lowest BCUT2D eigenvalue weighted by Crippen LogP contribution is -2.14. The van der Waals surface area contributed by atoms with Crippen LogP contribution in [-0.4, -0.2) is 39.9 Å². The molecule has 0 amide bonds. The number of hydrogen-bond acceptors (Lipinski definition) is 7. The molecule has 2 rings (SSSR count). The van der Waals surface area contributed by atoms with Gasteiger partial charge in [-0.2, -0.15) is 0 Å². The fourth-order valence-corrected chi connectivity index (χ4v) is 2.87. The van der Waals surface area contributed by atoms with E-state index in [1.165, 1.54) is 41.7 Å². The van der Waals surface area contributed by atoms with E-state index in [1.54, 1.807) is 0 Å². The second-order valence-electron chi connectivity index (χ2n) is 4.29. The maximum Gasteiger partial charge on any atom is 0.183 e. The number of nitrogens with two attached hydrogens (primary N) is 2. The molecule has 0 aliphatic carbocycles. The summed E-state index contributed by atoms with van der Waals surface area (Å²) < 4.78 is 18.3. The number of benzene rings is 1. The molecule has 4 N–H and O–H groups in total. The molecule has 11 heteroatoms. The van der Waals surface area contributed by atoms with Gasteiger partial charge >= 0.3 is 0 Å². The summed E-state index contributed by atoms with van der Waals surface area (Å²) in [6.45, 7) is 0.533. The zero-order chi connectivity index (χ0) is 17.5. The molecule has 0 saturated heterocycles. The molecule has 0 spiro atoms. The Kier molecular flexibility index (Phi) is 7.06. The molecule has 1 heterocycles. The van der Waals surface area contributed by atoms with Crippen LogP contribution in [0.5, 0.6) is 0 Å². The molecular formula is C13H14BrFN6OS2. The van der Waals surface area contributed by atoms with Gasteiger partial charge in [0.1, 0.15) is 5.82 Å². The largest absolute Gasteiger partial charge is 0.382 e. The maximum absolute atomic E-state index is 13.2. The van der Waals surface area contributed by atoms with E-state index in [4.69, 9.17) is 16.1 Å². The summed E-state index contributed by atoms with van der Waals surface area (Å²) in [4.78, 5) is 8.36. The third-order valence-electron chi connectivity index (χ3n) is 2.66. The van der Waals surface area contributed by atoms with Crippen LogP contribution in [0, 0.1) is 5.82 Å². The zero-order valence-electron chi connectivity index (χ0n) is 12.6. The highest BCUT2D eigenvalue weighted by Gasteiger charge is 2.14. The van der Waals surface area contributed by atoms with E-state index in [1.807, 2.05) is 6.26 Å². The Bertz CT molecular complexity index is 767. The number of halogens is 2. The van der Waals surface area contributed by atoms with Gasteiger partial charge in [0.2, 0.25) is 0 Å². The van der Waals surface area contributed by atoms with Crippen LogP contribution in [0.15, 0.2) is 42.3 Å². The predicted molar refractivity (Wildman–Crippen MR) is 99.5 cm³/mol. The first-order valence-electron chi connectivity index (χ1n) is 6.60. The van der Waals surface area contributed by atoms with Gasteiger partial charge < -0.3 is 11.5 Å². The van der Waals surface area contributed by atoms with Crippen molar-refractivity contribution in [3.63, 3.8) is 0 Å². The SMILES string of the molecule is CSC(N)=NCCSc1nonc1C(N)=Nc1ccc(F)c(Br)c1. The Balaban J connectivity index is 2.07. The average Bonchev–Trinajstić information content (AvgIpc) is 3.03. The fourth-order valence-electron chi connectivity index (χ4n) is 1.54. The standard InChI is InChI=1S/C13H14BrFN6OS2/c1-23-13(17)18-4-5-24-12-10(20-22-21-12)11(16)19-7-2-3-9(15)8(14)6-7/h2-3,6H,4-5H2,1H3,(H2,16,19)(H2,17,18). The highest BCUT2D eigenvalue weighted by atomic mass is 79.9. The maximum atomic E-state index is 13.2. The lowest BCUT2D eigenvalue weighted by molar-refractivity contribution is 0.298. The number of thioether (sulfide) groups is 2. The Morgan fingerprint density at radius 1 is 1.38 bits per heavy atom. The molecule has 0 fully saturated rings. The van der Waals surface area contributed by atoms with Crippen LogP contribution in [0.3, 0.4) is 0 Å². The second-order valence-corrected chi connectivity index (χ2v) is 7.05. The quantitative estimate of drug-likeness (QED) is 0.312. The van der Waals surface area contributed by atoms with Crippen LogP contribution in [0.4, 0.5) is 10.1 Å². The van der Waals surface area contributed by atoms with E-state index in [0.717, 1.165) is 0 Å². The predicted octanol–water partition coefficient (Wildman–Crippen LogP) is 2.78. The molecule has 0 unspecified atom stereocenters. The van der Waals surface area contributed by atoms with Crippen LogP contribution in [0.1, 0.15) is 5.69 Å². The molecule has 1 aromatic carbocycles. The molecule has 0 saturated carbocycles. The van der Waals surface area contributed by atoms with Crippen molar-refractivity contribution in [2.75, 3.05) is 18.6 Å². The van der Waals surface area contributed by atoms with Gasteiger partial charge in [0.25, 0.3) is 0 Å². The number of aliphatic imine (C=N–C) groups is 2. The zero-order valence-corrected chi connectivity index (χ0v) is 15.8. The number of nitrogens with zero attached hydrogens (tertiary/aromatic N) is 4. The van der Waals surface area contributed by atoms with E-state index in [0.29, 0.717) is 38.3 Å². The lowest BCUT2D eigenvalue weighted by atomic mass is 10.3. The summed E-state index contributed by atoms with van der Waals surface area (Å²) in [6, 6.07) is 4.32. The minimum Gasteiger partial charge on any atom is -0.382 e. The van der Waals surface area contributed by atoms with Gasteiger partial charge in [0, 0.05) is 5.75 Å². The van der Waals surface area contributed by atoms with Crippen LogP contribution in [0.25, 0.3) is 0 Å². The molecular weight excluding hydrogens is 419 g/mol. The van der Waals surface area contributed by atoms with Crippen molar-refractivity contribution in [3.05, 3.63) is 34.2 Å². The smallest absolute Gasteiger partial charge is 0.183 e. The summed E-state index contributed by atoms with van der Waals surface area (Å²) in [5.41, 5.74) is 12.4. The van der Waals surface area contributed by atoms with Crippen LogP contribution >= 0.6 is 39.5 Å². The Morgan fingerprint density at radius 3 is 2.88 bits per heavy atom. The van der Waals surface area contributed by atoms with E-state index in [2.05, 4.69) is 36.2 Å². The van der Waals surface area contributed by atoms with Crippen molar-refractivity contribution in [1.29, 1.82) is 0 Å². The first-order chi connectivity index (χ1) is 11.5. The average molecular weight is 433 g/mol. The molecule has 128 valence electrons. The molecule has 0 atom stereocenters. The monoisotopic (exact) mass is 432 g/mol. The minimum absolute atomic E-state index is 0.129. The number of rotatable bonds is 6. The van der Waals surface area contributed by atoms with Crippen molar-refractivity contribution in [2.45, 2.75) is 5.03 Å². The van der Waals surface area contributed by atoms with Gasteiger partial charge in [0.05, 0.1) is 16.7 Å². The number of hydrogen-bond donors (Lipinski definition) is 2. The summed E-state index contributed by atoms with van der Waals surface area (Å²) in [6.07, 6.45) is 1.86. The Morgan fingerprint density at radius 2 is 2.17 bits per heavy atom. The highest BCUT2D eigenvalue weighted by Crippen LogP contribution is 2.24. The molecule has 7 nitrogen and oxygen atoms in total.